The van der Waals surface area contributed by atoms with E-state index in [0.29, 0.717) is 11.6 Å². The fourth-order valence-electron chi connectivity index (χ4n) is 2.95. The summed E-state index contributed by atoms with van der Waals surface area (Å²) in [5.41, 5.74) is -1.24. The minimum absolute atomic E-state index is 0.0981. The fraction of sp³-hybridized carbons (Fsp3) is 0.167. The first-order valence-electron chi connectivity index (χ1n) is 8.54. The van der Waals surface area contributed by atoms with Gasteiger partial charge in [-0.3, -0.25) is 0 Å². The number of hydrogen-bond donors (Lipinski definition) is 1. The van der Waals surface area contributed by atoms with Gasteiger partial charge in [0.25, 0.3) is 0 Å². The van der Waals surface area contributed by atoms with Crippen molar-refractivity contribution < 1.29 is 17.6 Å². The van der Waals surface area contributed by atoms with Crippen molar-refractivity contribution in [1.82, 2.24) is 29.7 Å². The van der Waals surface area contributed by atoms with E-state index in [1.165, 1.54) is 29.2 Å². The van der Waals surface area contributed by atoms with Crippen molar-refractivity contribution in [3.8, 4) is 5.82 Å². The van der Waals surface area contributed by atoms with Crippen LogP contribution in [0.3, 0.4) is 0 Å². The van der Waals surface area contributed by atoms with Crippen LogP contribution in [-0.2, 0) is 6.18 Å². The Labute approximate surface area is 171 Å². The second-order valence-electron chi connectivity index (χ2n) is 6.30. The molecular weight excluding hydrogens is 426 g/mol. The van der Waals surface area contributed by atoms with Crippen molar-refractivity contribution in [2.24, 2.45) is 0 Å². The highest BCUT2D eigenvalue weighted by Crippen LogP contribution is 2.38. The maximum Gasteiger partial charge on any atom is 0.418 e. The van der Waals surface area contributed by atoms with E-state index >= 15 is 0 Å². The molecule has 3 aromatic heterocycles. The van der Waals surface area contributed by atoms with E-state index in [2.05, 4.69) is 30.4 Å². The Balaban J connectivity index is 1.73. The van der Waals surface area contributed by atoms with Crippen molar-refractivity contribution in [2.45, 2.75) is 19.1 Å². The molecule has 0 aliphatic rings. The van der Waals surface area contributed by atoms with Gasteiger partial charge in [-0.05, 0) is 31.2 Å². The first kappa shape index (κ1) is 20.0. The summed E-state index contributed by atoms with van der Waals surface area (Å²) in [5.74, 6) is 0.352. The van der Waals surface area contributed by atoms with Crippen LogP contribution in [0.4, 0.5) is 23.4 Å². The highest BCUT2D eigenvalue weighted by Gasteiger charge is 2.34. The molecule has 4 rings (SSSR count). The standard InChI is InChI=1S/C18H12ClF4N7/c1-9(17-27-8-28-30(17)14-3-2-11(20)6-24-14)29-16-12-4-10(19)5-13(18(21,22)23)15(12)25-7-26-16/h2-9H,1H3,(H,25,26,29). The van der Waals surface area contributed by atoms with Crippen LogP contribution >= 0.6 is 11.6 Å². The molecule has 0 amide bonds. The summed E-state index contributed by atoms with van der Waals surface area (Å²) < 4.78 is 54.7. The lowest BCUT2D eigenvalue weighted by Gasteiger charge is -2.17. The third-order valence-electron chi connectivity index (χ3n) is 4.25. The Hall–Kier alpha value is -3.34. The first-order chi connectivity index (χ1) is 14.2. The van der Waals surface area contributed by atoms with Crippen LogP contribution in [0.1, 0.15) is 24.4 Å². The predicted molar refractivity (Wildman–Crippen MR) is 101 cm³/mol. The minimum Gasteiger partial charge on any atom is -0.360 e. The molecular formula is C18H12ClF4N7. The molecule has 1 atom stereocenters. The molecule has 30 heavy (non-hydrogen) atoms. The molecule has 3 heterocycles. The molecule has 154 valence electrons. The molecule has 1 aromatic carbocycles. The van der Waals surface area contributed by atoms with Gasteiger partial charge in [-0.25, -0.2) is 24.3 Å². The summed E-state index contributed by atoms with van der Waals surface area (Å²) in [6.45, 7) is 1.72. The summed E-state index contributed by atoms with van der Waals surface area (Å²) in [4.78, 5) is 16.0. The quantitative estimate of drug-likeness (QED) is 0.470. The Morgan fingerprint density at radius 1 is 1.07 bits per heavy atom. The minimum atomic E-state index is -4.63. The Morgan fingerprint density at radius 2 is 1.87 bits per heavy atom. The van der Waals surface area contributed by atoms with Crippen LogP contribution in [0.15, 0.2) is 43.1 Å². The van der Waals surface area contributed by atoms with Gasteiger partial charge in [-0.2, -0.15) is 23.0 Å². The second kappa shape index (κ2) is 7.48. The number of benzene rings is 1. The van der Waals surface area contributed by atoms with Gasteiger partial charge in [0.05, 0.1) is 23.3 Å². The third kappa shape index (κ3) is 3.75. The fourth-order valence-corrected chi connectivity index (χ4v) is 3.17. The van der Waals surface area contributed by atoms with E-state index in [-0.39, 0.29) is 21.7 Å². The van der Waals surface area contributed by atoms with Crippen LogP contribution < -0.4 is 5.32 Å². The SMILES string of the molecule is CC(Nc1ncnc2c(C(F)(F)F)cc(Cl)cc12)c1ncnn1-c1ccc(F)cn1. The molecule has 0 aliphatic carbocycles. The number of rotatable bonds is 4. The number of pyridine rings is 1. The molecule has 0 aliphatic heterocycles. The lowest BCUT2D eigenvalue weighted by atomic mass is 10.1. The van der Waals surface area contributed by atoms with Crippen molar-refractivity contribution in [3.05, 3.63) is 65.3 Å². The van der Waals surface area contributed by atoms with Gasteiger partial charge >= 0.3 is 6.18 Å². The zero-order valence-electron chi connectivity index (χ0n) is 15.2. The van der Waals surface area contributed by atoms with E-state index in [9.17, 15) is 17.6 Å². The Bertz CT molecular complexity index is 1210. The molecule has 4 aromatic rings. The van der Waals surface area contributed by atoms with Crippen LogP contribution in [0.5, 0.6) is 0 Å². The van der Waals surface area contributed by atoms with Gasteiger partial charge in [-0.15, -0.1) is 0 Å². The third-order valence-corrected chi connectivity index (χ3v) is 4.47. The van der Waals surface area contributed by atoms with Gasteiger partial charge in [0, 0.05) is 10.4 Å². The van der Waals surface area contributed by atoms with Crippen LogP contribution in [0.25, 0.3) is 16.7 Å². The largest absolute Gasteiger partial charge is 0.418 e. The molecule has 1 N–H and O–H groups in total. The zero-order chi connectivity index (χ0) is 21.5. The van der Waals surface area contributed by atoms with Crippen LogP contribution in [0.2, 0.25) is 5.02 Å². The van der Waals surface area contributed by atoms with Crippen LogP contribution in [0, 0.1) is 5.82 Å². The average Bonchev–Trinajstić information content (AvgIpc) is 3.18. The summed E-state index contributed by atoms with van der Waals surface area (Å²) in [6, 6.07) is 4.28. The predicted octanol–water partition coefficient (Wildman–Crippen LogP) is 4.59. The Kier molecular flexibility index (Phi) is 4.98. The number of anilines is 1. The number of alkyl halides is 3. The molecule has 0 radical (unpaired) electrons. The van der Waals surface area contributed by atoms with E-state index in [4.69, 9.17) is 11.6 Å². The highest BCUT2D eigenvalue weighted by atomic mass is 35.5. The smallest absolute Gasteiger partial charge is 0.360 e. The van der Waals surface area contributed by atoms with Gasteiger partial charge < -0.3 is 5.32 Å². The lowest BCUT2D eigenvalue weighted by molar-refractivity contribution is -0.136. The van der Waals surface area contributed by atoms with E-state index in [1.54, 1.807) is 6.92 Å². The summed E-state index contributed by atoms with van der Waals surface area (Å²) in [7, 11) is 0. The number of nitrogens with one attached hydrogen (secondary N) is 1. The first-order valence-corrected chi connectivity index (χ1v) is 8.91. The van der Waals surface area contributed by atoms with Crippen LogP contribution in [-0.4, -0.2) is 29.7 Å². The molecule has 0 bridgehead atoms. The normalized spacial score (nSPS) is 12.9. The van der Waals surface area contributed by atoms with E-state index in [0.717, 1.165) is 18.6 Å². The van der Waals surface area contributed by atoms with E-state index < -0.39 is 23.6 Å². The van der Waals surface area contributed by atoms with Gasteiger partial charge in [-0.1, -0.05) is 11.6 Å². The molecule has 0 saturated carbocycles. The monoisotopic (exact) mass is 437 g/mol. The maximum atomic E-state index is 13.4. The van der Waals surface area contributed by atoms with Crippen molar-refractivity contribution in [1.29, 1.82) is 0 Å². The number of aromatic nitrogens is 6. The summed E-state index contributed by atoms with van der Waals surface area (Å²) in [6.07, 6.45) is -1.27. The number of hydrogen-bond acceptors (Lipinski definition) is 6. The van der Waals surface area contributed by atoms with Crippen molar-refractivity contribution in [2.75, 3.05) is 5.32 Å². The van der Waals surface area contributed by atoms with Gasteiger partial charge in [0.15, 0.2) is 11.6 Å². The summed E-state index contributed by atoms with van der Waals surface area (Å²) >= 11 is 5.91. The average molecular weight is 438 g/mol. The molecule has 7 nitrogen and oxygen atoms in total. The topological polar surface area (TPSA) is 81.4 Å². The highest BCUT2D eigenvalue weighted by molar-refractivity contribution is 6.31. The number of nitrogens with zero attached hydrogens (tertiary/aromatic N) is 6. The lowest BCUT2D eigenvalue weighted by Crippen LogP contribution is -2.16. The van der Waals surface area contributed by atoms with Gasteiger partial charge in [0.1, 0.15) is 24.3 Å². The Morgan fingerprint density at radius 3 is 2.57 bits per heavy atom. The number of halogens is 5. The molecule has 0 fully saturated rings. The van der Waals surface area contributed by atoms with Crippen molar-refractivity contribution >= 4 is 28.3 Å². The maximum absolute atomic E-state index is 13.4. The molecule has 0 spiro atoms. The second-order valence-corrected chi connectivity index (χ2v) is 6.74. The van der Waals surface area contributed by atoms with Crippen molar-refractivity contribution in [3.63, 3.8) is 0 Å². The zero-order valence-corrected chi connectivity index (χ0v) is 15.9. The van der Waals surface area contributed by atoms with E-state index in [1.807, 2.05) is 0 Å². The molecule has 1 unspecified atom stereocenters. The molecule has 0 saturated heterocycles. The molecule has 12 heteroatoms. The van der Waals surface area contributed by atoms with Gasteiger partial charge in [0.2, 0.25) is 0 Å². The number of fused-ring (bicyclic) bond motifs is 1. The summed E-state index contributed by atoms with van der Waals surface area (Å²) in [5, 5.41) is 7.10.